The molecule has 0 aromatic rings. The number of amides is 2. The lowest BCUT2D eigenvalue weighted by Crippen LogP contribution is -2.40. The molecule has 1 rings (SSSR count). The van der Waals surface area contributed by atoms with Gasteiger partial charge in [0.05, 0.1) is 6.54 Å². The molecule has 1 aliphatic rings. The van der Waals surface area contributed by atoms with Gasteiger partial charge in [-0.25, -0.2) is 0 Å². The maximum absolute atomic E-state index is 11.6. The van der Waals surface area contributed by atoms with Crippen molar-refractivity contribution in [1.82, 2.24) is 10.6 Å². The molecule has 4 nitrogen and oxygen atoms in total. The quantitative estimate of drug-likeness (QED) is 0.639. The van der Waals surface area contributed by atoms with Gasteiger partial charge in [-0.3, -0.25) is 9.59 Å². The Balaban J connectivity index is 2.09. The molecule has 2 N–H and O–H groups in total. The highest BCUT2D eigenvalue weighted by molar-refractivity contribution is 5.86. The average molecular weight is 192 g/mol. The summed E-state index contributed by atoms with van der Waals surface area (Å²) >= 11 is 0. The van der Waals surface area contributed by atoms with Gasteiger partial charge in [-0.05, 0) is 12.8 Å². The Morgan fingerprint density at radius 2 is 2.00 bits per heavy atom. The highest BCUT2D eigenvalue weighted by Gasteiger charge is 2.23. The van der Waals surface area contributed by atoms with Crippen LogP contribution in [0.15, 0.2) is 0 Å². The van der Waals surface area contributed by atoms with Gasteiger partial charge in [0.2, 0.25) is 5.91 Å². The molecule has 0 radical (unpaired) electrons. The van der Waals surface area contributed by atoms with Gasteiger partial charge in [-0.15, -0.1) is 0 Å². The third-order valence-electron chi connectivity index (χ3n) is 1.56. The number of nitrogens with one attached hydrogen (secondary N) is 2. The number of halogens is 2. The summed E-state index contributed by atoms with van der Waals surface area (Å²) < 4.78 is 23.2. The first-order chi connectivity index (χ1) is 6.09. The second-order valence-electron chi connectivity index (χ2n) is 2.86. The van der Waals surface area contributed by atoms with Crippen LogP contribution in [0.1, 0.15) is 12.8 Å². The molecule has 0 aliphatic heterocycles. The summed E-state index contributed by atoms with van der Waals surface area (Å²) in [5.74, 6) is -1.83. The third-order valence-corrected chi connectivity index (χ3v) is 1.56. The third kappa shape index (κ3) is 3.82. The van der Waals surface area contributed by atoms with E-state index in [2.05, 4.69) is 5.32 Å². The van der Waals surface area contributed by atoms with E-state index in [-0.39, 0.29) is 12.6 Å². The molecule has 0 saturated heterocycles. The maximum atomic E-state index is 11.6. The topological polar surface area (TPSA) is 58.2 Å². The minimum absolute atomic E-state index is 0.177. The Bertz CT molecular complexity index is 217. The minimum atomic E-state index is -3.06. The van der Waals surface area contributed by atoms with Gasteiger partial charge in [0.25, 0.3) is 5.91 Å². The van der Waals surface area contributed by atoms with Crippen molar-refractivity contribution in [3.8, 4) is 0 Å². The zero-order chi connectivity index (χ0) is 9.84. The van der Waals surface area contributed by atoms with Crippen molar-refractivity contribution in [2.24, 2.45) is 0 Å². The average Bonchev–Trinajstić information content (AvgIpc) is 2.83. The molecule has 0 spiro atoms. The number of carbonyl (C=O) groups is 2. The van der Waals surface area contributed by atoms with Crippen molar-refractivity contribution < 1.29 is 18.4 Å². The number of alkyl halides is 2. The number of carbonyl (C=O) groups excluding carboxylic acids is 2. The number of hydrogen-bond donors (Lipinski definition) is 2. The summed E-state index contributed by atoms with van der Waals surface area (Å²) in [4.78, 5) is 21.2. The molecule has 0 bridgehead atoms. The molecule has 2 amide bonds. The van der Waals surface area contributed by atoms with Gasteiger partial charge >= 0.3 is 6.43 Å². The van der Waals surface area contributed by atoms with Gasteiger partial charge in [-0.1, -0.05) is 0 Å². The van der Waals surface area contributed by atoms with Gasteiger partial charge in [0, 0.05) is 6.04 Å². The van der Waals surface area contributed by atoms with E-state index < -0.39 is 18.2 Å². The molecule has 1 aliphatic carbocycles. The first-order valence-electron chi connectivity index (χ1n) is 3.95. The van der Waals surface area contributed by atoms with Crippen molar-refractivity contribution in [3.63, 3.8) is 0 Å². The first kappa shape index (κ1) is 9.88. The van der Waals surface area contributed by atoms with E-state index in [1.165, 1.54) is 0 Å². The zero-order valence-electron chi connectivity index (χ0n) is 6.85. The van der Waals surface area contributed by atoms with Crippen molar-refractivity contribution in [3.05, 3.63) is 0 Å². The summed E-state index contributed by atoms with van der Waals surface area (Å²) in [6.45, 7) is -0.375. The Morgan fingerprint density at radius 3 is 2.46 bits per heavy atom. The lowest BCUT2D eigenvalue weighted by atomic mass is 10.5. The molecular weight excluding hydrogens is 182 g/mol. The van der Waals surface area contributed by atoms with Crippen LogP contribution in [0.5, 0.6) is 0 Å². The van der Waals surface area contributed by atoms with Gasteiger partial charge in [0.1, 0.15) is 0 Å². The molecule has 74 valence electrons. The summed E-state index contributed by atoms with van der Waals surface area (Å²) in [6.07, 6.45) is -1.21. The molecule has 0 unspecified atom stereocenters. The normalized spacial score (nSPS) is 15.6. The fourth-order valence-electron chi connectivity index (χ4n) is 0.751. The monoisotopic (exact) mass is 192 g/mol. The van der Waals surface area contributed by atoms with Crippen LogP contribution in [0, 0.1) is 0 Å². The van der Waals surface area contributed by atoms with Crippen LogP contribution in [-0.4, -0.2) is 30.8 Å². The molecule has 6 heteroatoms. The van der Waals surface area contributed by atoms with Crippen LogP contribution in [0.2, 0.25) is 0 Å². The van der Waals surface area contributed by atoms with Crippen LogP contribution < -0.4 is 10.6 Å². The molecule has 1 fully saturated rings. The van der Waals surface area contributed by atoms with E-state index in [0.29, 0.717) is 0 Å². The molecule has 0 aromatic heterocycles. The molecule has 13 heavy (non-hydrogen) atoms. The first-order valence-corrected chi connectivity index (χ1v) is 3.95. The van der Waals surface area contributed by atoms with E-state index in [4.69, 9.17) is 0 Å². The van der Waals surface area contributed by atoms with E-state index in [1.807, 2.05) is 5.32 Å². The van der Waals surface area contributed by atoms with Gasteiger partial charge < -0.3 is 10.6 Å². The number of hydrogen-bond acceptors (Lipinski definition) is 2. The Morgan fingerprint density at radius 1 is 1.38 bits per heavy atom. The van der Waals surface area contributed by atoms with Crippen molar-refractivity contribution in [2.75, 3.05) is 6.54 Å². The lowest BCUT2D eigenvalue weighted by Gasteiger charge is -2.04. The van der Waals surface area contributed by atoms with E-state index in [0.717, 1.165) is 12.8 Å². The van der Waals surface area contributed by atoms with Crippen LogP contribution >= 0.6 is 0 Å². The van der Waals surface area contributed by atoms with Crippen molar-refractivity contribution in [2.45, 2.75) is 25.3 Å². The van der Waals surface area contributed by atoms with Crippen molar-refractivity contribution in [1.29, 1.82) is 0 Å². The van der Waals surface area contributed by atoms with Crippen molar-refractivity contribution >= 4 is 11.8 Å². The predicted octanol–water partition coefficient (Wildman–Crippen LogP) is -0.354. The second kappa shape index (κ2) is 4.15. The van der Waals surface area contributed by atoms with E-state index >= 15 is 0 Å². The fraction of sp³-hybridized carbons (Fsp3) is 0.714. The second-order valence-corrected chi connectivity index (χ2v) is 2.86. The molecule has 0 aromatic carbocycles. The zero-order valence-corrected chi connectivity index (χ0v) is 6.85. The Labute approximate surface area is 73.7 Å². The van der Waals surface area contributed by atoms with Crippen LogP contribution in [0.25, 0.3) is 0 Å². The highest BCUT2D eigenvalue weighted by atomic mass is 19.3. The fourth-order valence-corrected chi connectivity index (χ4v) is 0.751. The molecule has 0 atom stereocenters. The standard InChI is InChI=1S/C7H10F2N2O2/c8-6(9)7(13)10-3-5(12)11-4-1-2-4/h4,6H,1-3H2,(H,10,13)(H,11,12). The molecule has 0 heterocycles. The predicted molar refractivity (Wildman–Crippen MR) is 40.2 cm³/mol. The Hall–Kier alpha value is -1.20. The summed E-state index contributed by atoms with van der Waals surface area (Å²) in [5.41, 5.74) is 0. The summed E-state index contributed by atoms with van der Waals surface area (Å²) in [6, 6.07) is 0.177. The van der Waals surface area contributed by atoms with E-state index in [9.17, 15) is 18.4 Å². The smallest absolute Gasteiger partial charge is 0.315 e. The lowest BCUT2D eigenvalue weighted by molar-refractivity contribution is -0.133. The van der Waals surface area contributed by atoms with Gasteiger partial charge in [0.15, 0.2) is 0 Å². The number of rotatable bonds is 4. The largest absolute Gasteiger partial charge is 0.352 e. The van der Waals surface area contributed by atoms with E-state index in [1.54, 1.807) is 0 Å². The Kier molecular flexibility index (Phi) is 3.16. The molecule has 1 saturated carbocycles. The van der Waals surface area contributed by atoms with Crippen LogP contribution in [0.4, 0.5) is 8.78 Å². The maximum Gasteiger partial charge on any atom is 0.315 e. The highest BCUT2D eigenvalue weighted by Crippen LogP contribution is 2.18. The van der Waals surface area contributed by atoms with Gasteiger partial charge in [-0.2, -0.15) is 8.78 Å². The summed E-state index contributed by atoms with van der Waals surface area (Å²) in [7, 11) is 0. The minimum Gasteiger partial charge on any atom is -0.352 e. The van der Waals surface area contributed by atoms with Crippen LogP contribution in [-0.2, 0) is 9.59 Å². The summed E-state index contributed by atoms with van der Waals surface area (Å²) in [5, 5.41) is 4.36. The molecular formula is C7H10F2N2O2. The SMILES string of the molecule is O=C(CNC(=O)C(F)F)NC1CC1. The van der Waals surface area contributed by atoms with Crippen LogP contribution in [0.3, 0.4) is 0 Å².